The molecule has 1 heterocycles. The molecule has 1 aromatic rings. The van der Waals surface area contributed by atoms with Crippen LogP contribution in [-0.2, 0) is 6.42 Å². The SMILES string of the molecule is NC(=S)Cc1ccccn1. The molecule has 2 N–H and O–H groups in total. The van der Waals surface area contributed by atoms with Crippen LogP contribution in [0, 0.1) is 0 Å². The predicted octanol–water partition coefficient (Wildman–Crippen LogP) is 0.910. The van der Waals surface area contributed by atoms with Crippen molar-refractivity contribution in [2.45, 2.75) is 6.42 Å². The molecule has 2 nitrogen and oxygen atoms in total. The molecule has 10 heavy (non-hydrogen) atoms. The summed E-state index contributed by atoms with van der Waals surface area (Å²) in [7, 11) is 0. The van der Waals surface area contributed by atoms with E-state index in [1.54, 1.807) is 6.20 Å². The van der Waals surface area contributed by atoms with Crippen LogP contribution in [0.3, 0.4) is 0 Å². The monoisotopic (exact) mass is 152 g/mol. The second-order valence-corrected chi connectivity index (χ2v) is 2.49. The van der Waals surface area contributed by atoms with E-state index in [0.717, 1.165) is 5.69 Å². The van der Waals surface area contributed by atoms with Crippen LogP contribution in [0.5, 0.6) is 0 Å². The Morgan fingerprint density at radius 1 is 1.60 bits per heavy atom. The minimum atomic E-state index is 0.485. The minimum absolute atomic E-state index is 0.485. The van der Waals surface area contributed by atoms with Gasteiger partial charge < -0.3 is 5.73 Å². The molecule has 0 aliphatic heterocycles. The molecule has 0 aliphatic carbocycles. The highest BCUT2D eigenvalue weighted by molar-refractivity contribution is 7.80. The smallest absolute Gasteiger partial charge is 0.0787 e. The number of pyridine rings is 1. The van der Waals surface area contributed by atoms with Crippen molar-refractivity contribution in [3.8, 4) is 0 Å². The third kappa shape index (κ3) is 2.11. The molecule has 0 saturated carbocycles. The summed E-state index contributed by atoms with van der Waals surface area (Å²) in [6.45, 7) is 0. The van der Waals surface area contributed by atoms with Gasteiger partial charge in [-0.3, -0.25) is 4.98 Å². The van der Waals surface area contributed by atoms with Crippen LogP contribution in [0.1, 0.15) is 5.69 Å². The van der Waals surface area contributed by atoms with E-state index in [2.05, 4.69) is 4.98 Å². The van der Waals surface area contributed by atoms with Gasteiger partial charge in [0.15, 0.2) is 0 Å². The highest BCUT2D eigenvalue weighted by Gasteiger charge is 1.92. The first kappa shape index (κ1) is 7.15. The zero-order valence-electron chi connectivity index (χ0n) is 5.45. The van der Waals surface area contributed by atoms with Gasteiger partial charge in [-0.25, -0.2) is 0 Å². The van der Waals surface area contributed by atoms with Gasteiger partial charge in [0.2, 0.25) is 0 Å². The second-order valence-electron chi connectivity index (χ2n) is 1.96. The molecule has 0 spiro atoms. The Hall–Kier alpha value is -0.960. The average Bonchev–Trinajstić information content (AvgIpc) is 1.88. The van der Waals surface area contributed by atoms with Gasteiger partial charge >= 0.3 is 0 Å². The average molecular weight is 152 g/mol. The summed E-state index contributed by atoms with van der Waals surface area (Å²) >= 11 is 4.72. The Labute approximate surface area is 65.1 Å². The summed E-state index contributed by atoms with van der Waals surface area (Å²) in [6.07, 6.45) is 2.32. The van der Waals surface area contributed by atoms with E-state index in [1.807, 2.05) is 18.2 Å². The van der Waals surface area contributed by atoms with Gasteiger partial charge in [-0.05, 0) is 12.1 Å². The Morgan fingerprint density at radius 2 is 2.40 bits per heavy atom. The van der Waals surface area contributed by atoms with Crippen LogP contribution < -0.4 is 5.73 Å². The zero-order chi connectivity index (χ0) is 7.40. The van der Waals surface area contributed by atoms with Gasteiger partial charge in [-0.2, -0.15) is 0 Å². The van der Waals surface area contributed by atoms with Gasteiger partial charge in [-0.15, -0.1) is 0 Å². The molecule has 0 aromatic carbocycles. The first-order valence-electron chi connectivity index (χ1n) is 2.97. The Bertz CT molecular complexity index is 220. The van der Waals surface area contributed by atoms with E-state index >= 15 is 0 Å². The molecule has 1 rings (SSSR count). The quantitative estimate of drug-likeness (QED) is 0.640. The van der Waals surface area contributed by atoms with Crippen molar-refractivity contribution in [2.75, 3.05) is 0 Å². The summed E-state index contributed by atoms with van der Waals surface area (Å²) in [5.41, 5.74) is 6.24. The fraction of sp³-hybridized carbons (Fsp3) is 0.143. The maximum Gasteiger partial charge on any atom is 0.0787 e. The first-order chi connectivity index (χ1) is 4.79. The number of rotatable bonds is 2. The minimum Gasteiger partial charge on any atom is -0.393 e. The van der Waals surface area contributed by atoms with Crippen LogP contribution >= 0.6 is 12.2 Å². The molecular weight excluding hydrogens is 144 g/mol. The maximum absolute atomic E-state index is 5.32. The van der Waals surface area contributed by atoms with Crippen LogP contribution in [0.15, 0.2) is 24.4 Å². The van der Waals surface area contributed by atoms with Crippen LogP contribution in [0.25, 0.3) is 0 Å². The predicted molar refractivity (Wildman–Crippen MR) is 44.7 cm³/mol. The van der Waals surface area contributed by atoms with E-state index in [0.29, 0.717) is 11.4 Å². The van der Waals surface area contributed by atoms with Crippen molar-refractivity contribution in [3.63, 3.8) is 0 Å². The molecule has 52 valence electrons. The summed E-state index contributed by atoms with van der Waals surface area (Å²) < 4.78 is 0. The highest BCUT2D eigenvalue weighted by Crippen LogP contribution is 1.93. The van der Waals surface area contributed by atoms with E-state index in [4.69, 9.17) is 18.0 Å². The Morgan fingerprint density at radius 3 is 2.90 bits per heavy atom. The Balaban J connectivity index is 2.67. The first-order valence-corrected chi connectivity index (χ1v) is 3.38. The molecule has 0 saturated heterocycles. The van der Waals surface area contributed by atoms with Crippen molar-refractivity contribution < 1.29 is 0 Å². The topological polar surface area (TPSA) is 38.9 Å². The van der Waals surface area contributed by atoms with Gasteiger partial charge in [0, 0.05) is 18.3 Å². The van der Waals surface area contributed by atoms with Crippen molar-refractivity contribution in [3.05, 3.63) is 30.1 Å². The van der Waals surface area contributed by atoms with Crippen LogP contribution in [0.2, 0.25) is 0 Å². The lowest BCUT2D eigenvalue weighted by molar-refractivity contribution is 1.14. The standard InChI is InChI=1S/C7H8N2S/c8-7(10)5-6-3-1-2-4-9-6/h1-4H,5H2,(H2,8,10). The van der Waals surface area contributed by atoms with Gasteiger partial charge in [0.05, 0.1) is 4.99 Å². The van der Waals surface area contributed by atoms with Crippen molar-refractivity contribution in [2.24, 2.45) is 5.73 Å². The molecular formula is C7H8N2S. The third-order valence-corrected chi connectivity index (χ3v) is 1.23. The Kier molecular flexibility index (Phi) is 2.34. The van der Waals surface area contributed by atoms with E-state index in [9.17, 15) is 0 Å². The largest absolute Gasteiger partial charge is 0.393 e. The van der Waals surface area contributed by atoms with E-state index in [-0.39, 0.29) is 0 Å². The van der Waals surface area contributed by atoms with Crippen LogP contribution in [-0.4, -0.2) is 9.97 Å². The molecule has 3 heteroatoms. The third-order valence-electron chi connectivity index (χ3n) is 1.08. The summed E-state index contributed by atoms with van der Waals surface area (Å²) in [4.78, 5) is 4.54. The molecule has 0 unspecified atom stereocenters. The van der Waals surface area contributed by atoms with Gasteiger partial charge in [-0.1, -0.05) is 18.3 Å². The van der Waals surface area contributed by atoms with Gasteiger partial charge in [0.25, 0.3) is 0 Å². The lowest BCUT2D eigenvalue weighted by Gasteiger charge is -1.94. The molecule has 0 atom stereocenters. The second kappa shape index (κ2) is 3.27. The molecule has 0 aliphatic rings. The number of thiocarbonyl (C=S) groups is 1. The fourth-order valence-electron chi connectivity index (χ4n) is 0.681. The summed E-state index contributed by atoms with van der Waals surface area (Å²) in [5, 5.41) is 0. The fourth-order valence-corrected chi connectivity index (χ4v) is 0.829. The number of aromatic nitrogens is 1. The zero-order valence-corrected chi connectivity index (χ0v) is 6.27. The van der Waals surface area contributed by atoms with Gasteiger partial charge in [0.1, 0.15) is 0 Å². The van der Waals surface area contributed by atoms with Crippen molar-refractivity contribution >= 4 is 17.2 Å². The summed E-state index contributed by atoms with van der Waals surface area (Å²) in [5.74, 6) is 0. The van der Waals surface area contributed by atoms with Crippen LogP contribution in [0.4, 0.5) is 0 Å². The molecule has 1 aromatic heterocycles. The van der Waals surface area contributed by atoms with E-state index < -0.39 is 0 Å². The van der Waals surface area contributed by atoms with Crippen molar-refractivity contribution in [1.82, 2.24) is 4.98 Å². The summed E-state index contributed by atoms with van der Waals surface area (Å²) in [6, 6.07) is 5.68. The van der Waals surface area contributed by atoms with E-state index in [1.165, 1.54) is 0 Å². The molecule has 0 amide bonds. The normalized spacial score (nSPS) is 9.20. The lowest BCUT2D eigenvalue weighted by atomic mass is 10.3. The lowest BCUT2D eigenvalue weighted by Crippen LogP contribution is -2.11. The highest BCUT2D eigenvalue weighted by atomic mass is 32.1. The number of nitrogens with two attached hydrogens (primary N) is 1. The molecule has 0 radical (unpaired) electrons. The maximum atomic E-state index is 5.32. The molecule has 0 bridgehead atoms. The number of hydrogen-bond acceptors (Lipinski definition) is 2. The number of hydrogen-bond donors (Lipinski definition) is 1. The van der Waals surface area contributed by atoms with Crippen molar-refractivity contribution in [1.29, 1.82) is 0 Å². The number of nitrogens with zero attached hydrogens (tertiary/aromatic N) is 1. The molecule has 0 fully saturated rings.